The first-order valence-electron chi connectivity index (χ1n) is 9.06. The molecule has 2 atom stereocenters. The molecule has 0 aliphatic carbocycles. The summed E-state index contributed by atoms with van der Waals surface area (Å²) in [4.78, 5) is 27.1. The van der Waals surface area contributed by atoms with Gasteiger partial charge in [0.05, 0.1) is 0 Å². The van der Waals surface area contributed by atoms with Crippen molar-refractivity contribution in [3.63, 3.8) is 0 Å². The van der Waals surface area contributed by atoms with E-state index in [1.807, 2.05) is 47.4 Å². The number of thioether (sulfide) groups is 1. The van der Waals surface area contributed by atoms with Crippen LogP contribution in [0.5, 0.6) is 0 Å². The fraction of sp³-hybridized carbons (Fsp3) is 0.333. The van der Waals surface area contributed by atoms with E-state index in [9.17, 15) is 9.59 Å². The van der Waals surface area contributed by atoms with Crippen molar-refractivity contribution in [1.29, 1.82) is 0 Å². The lowest BCUT2D eigenvalue weighted by Crippen LogP contribution is -2.48. The van der Waals surface area contributed by atoms with Crippen LogP contribution < -0.4 is 5.32 Å². The number of anilines is 1. The van der Waals surface area contributed by atoms with E-state index in [1.54, 1.807) is 11.8 Å². The minimum atomic E-state index is -0.430. The van der Waals surface area contributed by atoms with E-state index in [1.165, 1.54) is 0 Å². The summed E-state index contributed by atoms with van der Waals surface area (Å²) in [5.74, 6) is 0.607. The number of rotatable bonds is 4. The SMILES string of the molecule is CCc1ccccc1NC(=O)[C@@H]1CS[C@]2(c3ccccc3)CCC(=O)N12. The minimum Gasteiger partial charge on any atom is -0.324 e. The van der Waals surface area contributed by atoms with Gasteiger partial charge < -0.3 is 10.2 Å². The average Bonchev–Trinajstić information content (AvgIpc) is 3.22. The minimum absolute atomic E-state index is 0.0720. The quantitative estimate of drug-likeness (QED) is 0.896. The predicted molar refractivity (Wildman–Crippen MR) is 105 cm³/mol. The number of para-hydroxylation sites is 1. The van der Waals surface area contributed by atoms with Gasteiger partial charge in [0.1, 0.15) is 10.9 Å². The zero-order valence-corrected chi connectivity index (χ0v) is 15.6. The molecule has 0 unspecified atom stereocenters. The molecule has 4 rings (SSSR count). The van der Waals surface area contributed by atoms with Crippen molar-refractivity contribution in [3.8, 4) is 0 Å². The van der Waals surface area contributed by atoms with Crippen LogP contribution >= 0.6 is 11.8 Å². The molecule has 2 aromatic rings. The van der Waals surface area contributed by atoms with Crippen molar-refractivity contribution in [2.75, 3.05) is 11.1 Å². The van der Waals surface area contributed by atoms with Crippen LogP contribution in [0.2, 0.25) is 0 Å². The number of nitrogens with zero attached hydrogens (tertiary/aromatic N) is 1. The molecular formula is C21H22N2O2S. The zero-order valence-electron chi connectivity index (χ0n) is 14.8. The second kappa shape index (κ2) is 6.80. The molecule has 2 fully saturated rings. The highest BCUT2D eigenvalue weighted by atomic mass is 32.2. The highest BCUT2D eigenvalue weighted by Gasteiger charge is 2.56. The van der Waals surface area contributed by atoms with Crippen LogP contribution in [0.1, 0.15) is 30.9 Å². The predicted octanol–water partition coefficient (Wildman–Crippen LogP) is 3.78. The zero-order chi connectivity index (χ0) is 18.1. The van der Waals surface area contributed by atoms with Gasteiger partial charge >= 0.3 is 0 Å². The Morgan fingerprint density at radius 1 is 1.19 bits per heavy atom. The second-order valence-corrected chi connectivity index (χ2v) is 8.04. The van der Waals surface area contributed by atoms with E-state index >= 15 is 0 Å². The maximum atomic E-state index is 13.0. The van der Waals surface area contributed by atoms with Crippen molar-refractivity contribution >= 4 is 29.3 Å². The summed E-state index contributed by atoms with van der Waals surface area (Å²) in [7, 11) is 0. The lowest BCUT2D eigenvalue weighted by Gasteiger charge is -2.34. The molecule has 1 N–H and O–H groups in total. The largest absolute Gasteiger partial charge is 0.324 e. The van der Waals surface area contributed by atoms with Crippen LogP contribution in [0.3, 0.4) is 0 Å². The molecule has 0 aromatic heterocycles. The van der Waals surface area contributed by atoms with Gasteiger partial charge in [0, 0.05) is 17.9 Å². The first-order valence-corrected chi connectivity index (χ1v) is 10.0. The van der Waals surface area contributed by atoms with E-state index in [-0.39, 0.29) is 11.8 Å². The number of benzene rings is 2. The fourth-order valence-corrected chi connectivity index (χ4v) is 5.65. The van der Waals surface area contributed by atoms with Crippen LogP contribution in [0.15, 0.2) is 54.6 Å². The van der Waals surface area contributed by atoms with Crippen molar-refractivity contribution in [2.45, 2.75) is 37.1 Å². The van der Waals surface area contributed by atoms with Crippen LogP contribution in [0.25, 0.3) is 0 Å². The third-order valence-electron chi connectivity index (χ3n) is 5.31. The van der Waals surface area contributed by atoms with Crippen molar-refractivity contribution in [3.05, 3.63) is 65.7 Å². The standard InChI is InChI=1S/C21H22N2O2S/c1-2-15-8-6-7-11-17(15)22-20(25)18-14-26-21(13-12-19(24)23(18)21)16-9-4-3-5-10-16/h3-11,18H,2,12-14H2,1H3,(H,22,25)/t18-,21-/m0/s1. The Labute approximate surface area is 158 Å². The van der Waals surface area contributed by atoms with Crippen molar-refractivity contribution < 1.29 is 9.59 Å². The molecule has 2 amide bonds. The van der Waals surface area contributed by atoms with Gasteiger partial charge in [-0.3, -0.25) is 9.59 Å². The molecule has 0 radical (unpaired) electrons. The molecule has 134 valence electrons. The molecular weight excluding hydrogens is 344 g/mol. The Kier molecular flexibility index (Phi) is 4.49. The number of aryl methyl sites for hydroxylation is 1. The fourth-order valence-electron chi connectivity index (χ4n) is 4.00. The van der Waals surface area contributed by atoms with E-state index in [0.717, 1.165) is 29.7 Å². The number of carbonyl (C=O) groups is 2. The summed E-state index contributed by atoms with van der Waals surface area (Å²) < 4.78 is 0. The number of hydrogen-bond acceptors (Lipinski definition) is 3. The Balaban J connectivity index is 1.62. The summed E-state index contributed by atoms with van der Waals surface area (Å²) in [6, 6.07) is 17.5. The highest BCUT2D eigenvalue weighted by molar-refractivity contribution is 8.00. The van der Waals surface area contributed by atoms with E-state index < -0.39 is 10.9 Å². The molecule has 2 aromatic carbocycles. The number of fused-ring (bicyclic) bond motifs is 1. The van der Waals surface area contributed by atoms with Gasteiger partial charge in [0.2, 0.25) is 11.8 Å². The molecule has 26 heavy (non-hydrogen) atoms. The van der Waals surface area contributed by atoms with Gasteiger partial charge in [-0.15, -0.1) is 11.8 Å². The van der Waals surface area contributed by atoms with Gasteiger partial charge in [-0.25, -0.2) is 0 Å². The summed E-state index contributed by atoms with van der Waals surface area (Å²) in [6.07, 6.45) is 2.11. The molecule has 2 aliphatic rings. The Hall–Kier alpha value is -2.27. The number of amides is 2. The lowest BCUT2D eigenvalue weighted by molar-refractivity contribution is -0.136. The van der Waals surface area contributed by atoms with Crippen LogP contribution in [0.4, 0.5) is 5.69 Å². The monoisotopic (exact) mass is 366 g/mol. The molecule has 0 bridgehead atoms. The normalized spacial score (nSPS) is 24.6. The highest BCUT2D eigenvalue weighted by Crippen LogP contribution is 2.54. The topological polar surface area (TPSA) is 49.4 Å². The maximum Gasteiger partial charge on any atom is 0.248 e. The van der Waals surface area contributed by atoms with E-state index in [2.05, 4.69) is 24.4 Å². The van der Waals surface area contributed by atoms with Crippen LogP contribution in [0, 0.1) is 0 Å². The molecule has 0 saturated carbocycles. The van der Waals surface area contributed by atoms with Crippen LogP contribution in [-0.4, -0.2) is 28.5 Å². The van der Waals surface area contributed by atoms with E-state index in [0.29, 0.717) is 12.2 Å². The molecule has 2 saturated heterocycles. The number of carbonyl (C=O) groups excluding carboxylic acids is 2. The Morgan fingerprint density at radius 3 is 2.69 bits per heavy atom. The first kappa shape index (κ1) is 17.2. The van der Waals surface area contributed by atoms with Gasteiger partial charge in [-0.1, -0.05) is 55.5 Å². The average molecular weight is 366 g/mol. The third kappa shape index (κ3) is 2.71. The smallest absolute Gasteiger partial charge is 0.248 e. The molecule has 2 aliphatic heterocycles. The summed E-state index contributed by atoms with van der Waals surface area (Å²) in [5, 5.41) is 3.06. The molecule has 2 heterocycles. The number of hydrogen-bond donors (Lipinski definition) is 1. The second-order valence-electron chi connectivity index (χ2n) is 6.74. The van der Waals surface area contributed by atoms with Gasteiger partial charge in [0.25, 0.3) is 0 Å². The molecule has 0 spiro atoms. The van der Waals surface area contributed by atoms with Crippen LogP contribution in [-0.2, 0) is 20.9 Å². The maximum absolute atomic E-state index is 13.0. The van der Waals surface area contributed by atoms with E-state index in [4.69, 9.17) is 0 Å². The third-order valence-corrected chi connectivity index (χ3v) is 6.91. The van der Waals surface area contributed by atoms with Gasteiger partial charge in [0.15, 0.2) is 0 Å². The Bertz CT molecular complexity index is 839. The summed E-state index contributed by atoms with van der Waals surface area (Å²) >= 11 is 1.72. The number of nitrogens with one attached hydrogen (secondary N) is 1. The van der Waals surface area contributed by atoms with Gasteiger partial charge in [-0.05, 0) is 30.0 Å². The summed E-state index contributed by atoms with van der Waals surface area (Å²) in [6.45, 7) is 2.07. The Morgan fingerprint density at radius 2 is 1.92 bits per heavy atom. The molecule has 4 nitrogen and oxygen atoms in total. The van der Waals surface area contributed by atoms with Gasteiger partial charge in [-0.2, -0.15) is 0 Å². The summed E-state index contributed by atoms with van der Waals surface area (Å²) in [5.41, 5.74) is 3.06. The molecule has 5 heteroatoms. The first-order chi connectivity index (χ1) is 12.7. The lowest BCUT2D eigenvalue weighted by atomic mass is 10.0. The van der Waals surface area contributed by atoms with Crippen molar-refractivity contribution in [1.82, 2.24) is 4.90 Å². The van der Waals surface area contributed by atoms with Crippen molar-refractivity contribution in [2.24, 2.45) is 0 Å².